The molecule has 3 aromatic carbocycles. The fourth-order valence-corrected chi connectivity index (χ4v) is 3.48. The molecule has 0 amide bonds. The van der Waals surface area contributed by atoms with Gasteiger partial charge < -0.3 is 14.2 Å². The standard InChI is InChI=1S/C24H18F6O3/c1-13-11-31-23(32-12-13)15-4-2-14(3-5-15)16-6-7-18(19(25)8-16)17-9-20(26)22(21(27)10-17)33-24(28,29)30/h2-10,13,23H,11-12H2,1H3. The van der Waals surface area contributed by atoms with E-state index in [9.17, 15) is 26.3 Å². The third-order valence-electron chi connectivity index (χ3n) is 5.08. The van der Waals surface area contributed by atoms with Crippen LogP contribution in [0.3, 0.4) is 0 Å². The first-order valence-corrected chi connectivity index (χ1v) is 9.99. The summed E-state index contributed by atoms with van der Waals surface area (Å²) < 4.78 is 94.4. The van der Waals surface area contributed by atoms with Crippen LogP contribution >= 0.6 is 0 Å². The molecular weight excluding hydrogens is 450 g/mol. The third-order valence-corrected chi connectivity index (χ3v) is 5.08. The van der Waals surface area contributed by atoms with Crippen LogP contribution in [0.5, 0.6) is 5.75 Å². The van der Waals surface area contributed by atoms with Gasteiger partial charge in [-0.1, -0.05) is 43.3 Å². The molecule has 0 N–H and O–H groups in total. The van der Waals surface area contributed by atoms with Crippen molar-refractivity contribution in [3.8, 4) is 28.0 Å². The number of alkyl halides is 3. The lowest BCUT2D eigenvalue weighted by Gasteiger charge is -2.27. The summed E-state index contributed by atoms with van der Waals surface area (Å²) in [4.78, 5) is 0. The minimum atomic E-state index is -5.26. The molecule has 3 nitrogen and oxygen atoms in total. The summed E-state index contributed by atoms with van der Waals surface area (Å²) >= 11 is 0. The van der Waals surface area contributed by atoms with E-state index >= 15 is 0 Å². The van der Waals surface area contributed by atoms with E-state index in [-0.39, 0.29) is 11.1 Å². The second-order valence-electron chi connectivity index (χ2n) is 7.74. The monoisotopic (exact) mass is 468 g/mol. The van der Waals surface area contributed by atoms with Crippen LogP contribution in [-0.4, -0.2) is 19.6 Å². The summed E-state index contributed by atoms with van der Waals surface area (Å²) in [6.45, 7) is 3.19. The van der Waals surface area contributed by atoms with E-state index in [0.717, 1.165) is 5.56 Å². The predicted octanol–water partition coefficient (Wildman–Crippen LogP) is 7.02. The van der Waals surface area contributed by atoms with Crippen LogP contribution in [0, 0.1) is 23.4 Å². The molecular formula is C24H18F6O3. The summed E-state index contributed by atoms with van der Waals surface area (Å²) in [5.41, 5.74) is 1.55. The van der Waals surface area contributed by atoms with E-state index in [1.807, 2.05) is 6.92 Å². The molecule has 0 unspecified atom stereocenters. The Bertz CT molecular complexity index is 1110. The van der Waals surface area contributed by atoms with Crippen molar-refractivity contribution in [2.75, 3.05) is 13.2 Å². The van der Waals surface area contributed by atoms with Gasteiger partial charge in [-0.3, -0.25) is 0 Å². The van der Waals surface area contributed by atoms with Crippen molar-refractivity contribution in [1.29, 1.82) is 0 Å². The summed E-state index contributed by atoms with van der Waals surface area (Å²) in [6, 6.07) is 12.3. The van der Waals surface area contributed by atoms with Gasteiger partial charge in [0.05, 0.1) is 13.2 Å². The van der Waals surface area contributed by atoms with E-state index in [2.05, 4.69) is 4.74 Å². The Hall–Kier alpha value is -3.04. The lowest BCUT2D eigenvalue weighted by atomic mass is 9.98. The first-order valence-electron chi connectivity index (χ1n) is 9.99. The minimum absolute atomic E-state index is 0.176. The molecule has 0 aromatic heterocycles. The van der Waals surface area contributed by atoms with Gasteiger partial charge in [-0.2, -0.15) is 0 Å². The Labute approximate surface area is 185 Å². The number of hydrogen-bond donors (Lipinski definition) is 0. The fourth-order valence-electron chi connectivity index (χ4n) is 3.48. The minimum Gasteiger partial charge on any atom is -0.399 e. The first kappa shape index (κ1) is 23.1. The Kier molecular flexibility index (Phi) is 6.36. The van der Waals surface area contributed by atoms with Crippen LogP contribution < -0.4 is 4.74 Å². The highest BCUT2D eigenvalue weighted by atomic mass is 19.4. The fraction of sp³-hybridized carbons (Fsp3) is 0.250. The molecule has 0 saturated carbocycles. The van der Waals surface area contributed by atoms with Crippen LogP contribution in [0.2, 0.25) is 0 Å². The van der Waals surface area contributed by atoms with Gasteiger partial charge in [0.2, 0.25) is 5.75 Å². The van der Waals surface area contributed by atoms with Crippen molar-refractivity contribution in [2.45, 2.75) is 19.6 Å². The number of rotatable bonds is 4. The molecule has 1 fully saturated rings. The van der Waals surface area contributed by atoms with Crippen LogP contribution in [0.4, 0.5) is 26.3 Å². The van der Waals surface area contributed by atoms with E-state index in [0.29, 0.717) is 42.4 Å². The van der Waals surface area contributed by atoms with Crippen molar-refractivity contribution in [3.63, 3.8) is 0 Å². The molecule has 1 saturated heterocycles. The third kappa shape index (κ3) is 5.31. The van der Waals surface area contributed by atoms with Crippen LogP contribution in [0.1, 0.15) is 18.8 Å². The molecule has 0 radical (unpaired) electrons. The van der Waals surface area contributed by atoms with Crippen LogP contribution in [0.25, 0.3) is 22.3 Å². The molecule has 9 heteroatoms. The maximum absolute atomic E-state index is 14.8. The van der Waals surface area contributed by atoms with Gasteiger partial charge in [0.25, 0.3) is 0 Å². The second kappa shape index (κ2) is 9.07. The number of halogens is 6. The Morgan fingerprint density at radius 2 is 1.30 bits per heavy atom. The van der Waals surface area contributed by atoms with Gasteiger partial charge in [0.15, 0.2) is 17.9 Å². The largest absolute Gasteiger partial charge is 0.573 e. The van der Waals surface area contributed by atoms with Crippen LogP contribution in [-0.2, 0) is 9.47 Å². The van der Waals surface area contributed by atoms with E-state index in [1.165, 1.54) is 12.1 Å². The predicted molar refractivity (Wildman–Crippen MR) is 108 cm³/mol. The van der Waals surface area contributed by atoms with Crippen molar-refractivity contribution in [1.82, 2.24) is 0 Å². The molecule has 3 aromatic rings. The molecule has 33 heavy (non-hydrogen) atoms. The van der Waals surface area contributed by atoms with E-state index in [4.69, 9.17) is 9.47 Å². The highest BCUT2D eigenvalue weighted by molar-refractivity contribution is 5.71. The van der Waals surface area contributed by atoms with Gasteiger partial charge in [0.1, 0.15) is 5.82 Å². The molecule has 174 valence electrons. The molecule has 0 bridgehead atoms. The molecule has 0 spiro atoms. The lowest BCUT2D eigenvalue weighted by Crippen LogP contribution is -2.24. The molecule has 0 aliphatic carbocycles. The Morgan fingerprint density at radius 1 is 0.758 bits per heavy atom. The summed E-state index contributed by atoms with van der Waals surface area (Å²) in [5.74, 6) is -5.26. The van der Waals surface area contributed by atoms with Crippen molar-refractivity contribution in [3.05, 3.63) is 77.6 Å². The topological polar surface area (TPSA) is 27.7 Å². The van der Waals surface area contributed by atoms with Gasteiger partial charge in [-0.05, 0) is 34.9 Å². The van der Waals surface area contributed by atoms with Gasteiger partial charge in [-0.25, -0.2) is 13.2 Å². The Balaban J connectivity index is 1.56. The van der Waals surface area contributed by atoms with E-state index in [1.54, 1.807) is 30.3 Å². The maximum Gasteiger partial charge on any atom is 0.573 e. The number of hydrogen-bond acceptors (Lipinski definition) is 3. The quantitative estimate of drug-likeness (QED) is 0.385. The molecule has 4 rings (SSSR count). The zero-order valence-corrected chi connectivity index (χ0v) is 17.3. The Morgan fingerprint density at radius 3 is 1.85 bits per heavy atom. The van der Waals surface area contributed by atoms with Gasteiger partial charge in [-0.15, -0.1) is 13.2 Å². The van der Waals surface area contributed by atoms with Crippen molar-refractivity contribution in [2.24, 2.45) is 5.92 Å². The van der Waals surface area contributed by atoms with Gasteiger partial charge >= 0.3 is 6.36 Å². The van der Waals surface area contributed by atoms with Crippen LogP contribution in [0.15, 0.2) is 54.6 Å². The highest BCUT2D eigenvalue weighted by Crippen LogP contribution is 2.35. The average molecular weight is 468 g/mol. The first-order chi connectivity index (χ1) is 15.6. The van der Waals surface area contributed by atoms with E-state index < -0.39 is 35.9 Å². The number of benzene rings is 3. The molecule has 1 aliphatic heterocycles. The highest BCUT2D eigenvalue weighted by Gasteiger charge is 2.34. The molecule has 0 atom stereocenters. The second-order valence-corrected chi connectivity index (χ2v) is 7.74. The molecule has 1 aliphatic rings. The SMILES string of the molecule is CC1COC(c2ccc(-c3ccc(-c4cc(F)c(OC(F)(F)F)c(F)c4)c(F)c3)cc2)OC1. The summed E-state index contributed by atoms with van der Waals surface area (Å²) in [6.07, 6.45) is -5.73. The van der Waals surface area contributed by atoms with Crippen molar-refractivity contribution < 1.29 is 40.6 Å². The van der Waals surface area contributed by atoms with Crippen molar-refractivity contribution >= 4 is 0 Å². The smallest absolute Gasteiger partial charge is 0.399 e. The molecule has 1 heterocycles. The summed E-state index contributed by atoms with van der Waals surface area (Å²) in [5, 5.41) is 0. The normalized spacial score (nSPS) is 18.9. The zero-order chi connectivity index (χ0) is 23.8. The average Bonchev–Trinajstić information content (AvgIpc) is 2.76. The number of ether oxygens (including phenoxy) is 3. The summed E-state index contributed by atoms with van der Waals surface area (Å²) in [7, 11) is 0. The van der Waals surface area contributed by atoms with Gasteiger partial charge in [0, 0.05) is 17.0 Å². The zero-order valence-electron chi connectivity index (χ0n) is 17.3. The maximum atomic E-state index is 14.8. The lowest BCUT2D eigenvalue weighted by molar-refractivity contribution is -0.276.